The van der Waals surface area contributed by atoms with Crippen LogP contribution in [0.5, 0.6) is 0 Å². The van der Waals surface area contributed by atoms with Crippen LogP contribution < -0.4 is 4.90 Å². The number of carboxylic acid groups (broad SMARTS) is 1. The summed E-state index contributed by atoms with van der Waals surface area (Å²) in [4.78, 5) is 12.7. The van der Waals surface area contributed by atoms with E-state index in [9.17, 15) is 4.79 Å². The molecule has 16 heavy (non-hydrogen) atoms. The van der Waals surface area contributed by atoms with Crippen molar-refractivity contribution in [3.8, 4) is 0 Å². The van der Waals surface area contributed by atoms with Gasteiger partial charge in [0.2, 0.25) is 0 Å². The fourth-order valence-electron chi connectivity index (χ4n) is 1.50. The first kappa shape index (κ1) is 12.9. The van der Waals surface area contributed by atoms with Gasteiger partial charge in [0.05, 0.1) is 0 Å². The molecule has 0 radical (unpaired) electrons. The van der Waals surface area contributed by atoms with E-state index in [0.717, 1.165) is 24.4 Å². The number of benzene rings is 1. The van der Waals surface area contributed by atoms with E-state index in [0.29, 0.717) is 0 Å². The quantitative estimate of drug-likeness (QED) is 0.741. The number of para-hydroxylation sites is 1. The van der Waals surface area contributed by atoms with Crippen molar-refractivity contribution < 1.29 is 9.90 Å². The first-order valence-corrected chi connectivity index (χ1v) is 6.64. The number of anilines is 1. The molecule has 1 N–H and O–H groups in total. The molecule has 0 saturated heterocycles. The second-order valence-corrected chi connectivity index (χ2v) is 4.48. The lowest BCUT2D eigenvalue weighted by Gasteiger charge is -2.22. The van der Waals surface area contributed by atoms with Crippen molar-refractivity contribution in [2.24, 2.45) is 0 Å². The topological polar surface area (TPSA) is 40.5 Å². The average molecular weight is 239 g/mol. The van der Waals surface area contributed by atoms with Gasteiger partial charge in [-0.2, -0.15) is 11.8 Å². The van der Waals surface area contributed by atoms with Crippen LogP contribution in [-0.2, 0) is 4.79 Å². The molecule has 0 aromatic heterocycles. The summed E-state index contributed by atoms with van der Waals surface area (Å²) in [5.41, 5.74) is 0.978. The van der Waals surface area contributed by atoms with Crippen LogP contribution in [0.4, 0.5) is 5.69 Å². The summed E-state index contributed by atoms with van der Waals surface area (Å²) in [5.74, 6) is 0.274. The van der Waals surface area contributed by atoms with Crippen molar-refractivity contribution in [1.29, 1.82) is 0 Å². The number of hydrogen-bond acceptors (Lipinski definition) is 3. The summed E-state index contributed by atoms with van der Waals surface area (Å²) in [6.07, 6.45) is 3.06. The number of thioether (sulfide) groups is 1. The Hall–Kier alpha value is -1.16. The Bertz CT molecular complexity index is 316. The van der Waals surface area contributed by atoms with Crippen molar-refractivity contribution in [2.45, 2.75) is 6.42 Å². The number of carboxylic acids is 1. The first-order valence-electron chi connectivity index (χ1n) is 5.24. The van der Waals surface area contributed by atoms with Gasteiger partial charge in [-0.05, 0) is 30.6 Å². The minimum Gasteiger partial charge on any atom is -0.480 e. The highest BCUT2D eigenvalue weighted by Gasteiger charge is 2.09. The van der Waals surface area contributed by atoms with Crippen LogP contribution in [0.15, 0.2) is 30.3 Å². The summed E-state index contributed by atoms with van der Waals surface area (Å²) >= 11 is 1.78. The van der Waals surface area contributed by atoms with E-state index in [-0.39, 0.29) is 6.54 Å². The molecular formula is C12H17NO2S. The zero-order valence-corrected chi connectivity index (χ0v) is 10.2. The van der Waals surface area contributed by atoms with E-state index in [1.165, 1.54) is 0 Å². The van der Waals surface area contributed by atoms with E-state index in [1.54, 1.807) is 11.8 Å². The Morgan fingerprint density at radius 3 is 2.62 bits per heavy atom. The maximum atomic E-state index is 10.8. The van der Waals surface area contributed by atoms with Gasteiger partial charge in [0.15, 0.2) is 0 Å². The lowest BCUT2D eigenvalue weighted by atomic mass is 10.2. The molecule has 4 heteroatoms. The minimum absolute atomic E-state index is 0.0679. The molecule has 0 unspecified atom stereocenters. The molecule has 1 rings (SSSR count). The molecule has 0 heterocycles. The van der Waals surface area contributed by atoms with Gasteiger partial charge in [-0.25, -0.2) is 0 Å². The zero-order valence-electron chi connectivity index (χ0n) is 9.43. The van der Waals surface area contributed by atoms with Crippen LogP contribution >= 0.6 is 11.8 Å². The third kappa shape index (κ3) is 4.57. The molecule has 1 aromatic carbocycles. The van der Waals surface area contributed by atoms with Gasteiger partial charge in [0.1, 0.15) is 6.54 Å². The Labute approximate surface area is 100 Å². The molecule has 3 nitrogen and oxygen atoms in total. The molecule has 0 saturated carbocycles. The molecule has 88 valence electrons. The van der Waals surface area contributed by atoms with Gasteiger partial charge in [-0.15, -0.1) is 0 Å². The number of rotatable bonds is 7. The molecule has 0 spiro atoms. The van der Waals surface area contributed by atoms with Crippen molar-refractivity contribution in [2.75, 3.05) is 30.0 Å². The Balaban J connectivity index is 2.60. The van der Waals surface area contributed by atoms with Gasteiger partial charge < -0.3 is 10.0 Å². The van der Waals surface area contributed by atoms with E-state index in [4.69, 9.17) is 5.11 Å². The standard InChI is InChI=1S/C12H17NO2S/c1-16-9-5-8-13(10-12(14)15)11-6-3-2-4-7-11/h2-4,6-7H,5,8-10H2,1H3,(H,14,15). The van der Waals surface area contributed by atoms with Crippen molar-refractivity contribution in [3.05, 3.63) is 30.3 Å². The Morgan fingerprint density at radius 2 is 2.06 bits per heavy atom. The Kier molecular flexibility index (Phi) is 5.78. The lowest BCUT2D eigenvalue weighted by molar-refractivity contribution is -0.135. The number of hydrogen-bond donors (Lipinski definition) is 1. The van der Waals surface area contributed by atoms with E-state index < -0.39 is 5.97 Å². The van der Waals surface area contributed by atoms with Crippen molar-refractivity contribution in [1.82, 2.24) is 0 Å². The zero-order chi connectivity index (χ0) is 11.8. The van der Waals surface area contributed by atoms with Crippen LogP contribution in [0.25, 0.3) is 0 Å². The van der Waals surface area contributed by atoms with Gasteiger partial charge in [-0.1, -0.05) is 18.2 Å². The molecule has 0 aliphatic heterocycles. The summed E-state index contributed by atoms with van der Waals surface area (Å²) in [7, 11) is 0. The molecule has 0 aliphatic carbocycles. The van der Waals surface area contributed by atoms with Crippen LogP contribution in [0.3, 0.4) is 0 Å². The molecule has 0 fully saturated rings. The Morgan fingerprint density at radius 1 is 1.38 bits per heavy atom. The van der Waals surface area contributed by atoms with Gasteiger partial charge in [-0.3, -0.25) is 4.79 Å². The van der Waals surface area contributed by atoms with Gasteiger partial charge in [0.25, 0.3) is 0 Å². The van der Waals surface area contributed by atoms with E-state index >= 15 is 0 Å². The predicted octanol–water partition coefficient (Wildman–Crippen LogP) is 2.33. The largest absolute Gasteiger partial charge is 0.480 e. The fraction of sp³-hybridized carbons (Fsp3) is 0.417. The van der Waals surface area contributed by atoms with Gasteiger partial charge in [0, 0.05) is 12.2 Å². The molecule has 0 bridgehead atoms. The molecule has 1 aromatic rings. The van der Waals surface area contributed by atoms with Crippen LogP contribution in [0.1, 0.15) is 6.42 Å². The summed E-state index contributed by atoms with van der Waals surface area (Å²) in [6, 6.07) is 9.69. The molecule has 0 aliphatic rings. The van der Waals surface area contributed by atoms with E-state index in [2.05, 4.69) is 6.26 Å². The fourth-order valence-corrected chi connectivity index (χ4v) is 1.92. The highest BCUT2D eigenvalue weighted by molar-refractivity contribution is 7.98. The predicted molar refractivity (Wildman–Crippen MR) is 69.3 cm³/mol. The van der Waals surface area contributed by atoms with Crippen LogP contribution in [0.2, 0.25) is 0 Å². The third-order valence-electron chi connectivity index (χ3n) is 2.22. The smallest absolute Gasteiger partial charge is 0.323 e. The SMILES string of the molecule is CSCCCN(CC(=O)O)c1ccccc1. The highest BCUT2D eigenvalue weighted by Crippen LogP contribution is 2.13. The van der Waals surface area contributed by atoms with Crippen LogP contribution in [0, 0.1) is 0 Å². The summed E-state index contributed by atoms with van der Waals surface area (Å²) < 4.78 is 0. The number of aliphatic carboxylic acids is 1. The minimum atomic E-state index is -0.784. The molecule has 0 amide bonds. The lowest BCUT2D eigenvalue weighted by Crippen LogP contribution is -2.30. The highest BCUT2D eigenvalue weighted by atomic mass is 32.2. The average Bonchev–Trinajstić information content (AvgIpc) is 2.29. The monoisotopic (exact) mass is 239 g/mol. The summed E-state index contributed by atoms with van der Waals surface area (Å²) in [5, 5.41) is 8.85. The van der Waals surface area contributed by atoms with Gasteiger partial charge >= 0.3 is 5.97 Å². The van der Waals surface area contributed by atoms with E-state index in [1.807, 2.05) is 35.2 Å². The van der Waals surface area contributed by atoms with Crippen LogP contribution in [-0.4, -0.2) is 36.2 Å². The molecular weight excluding hydrogens is 222 g/mol. The molecule has 0 atom stereocenters. The number of carbonyl (C=O) groups is 1. The third-order valence-corrected chi connectivity index (χ3v) is 2.92. The second-order valence-electron chi connectivity index (χ2n) is 3.50. The normalized spacial score (nSPS) is 10.1. The second kappa shape index (κ2) is 7.17. The van der Waals surface area contributed by atoms with Crippen molar-refractivity contribution >= 4 is 23.4 Å². The first-order chi connectivity index (χ1) is 7.74. The maximum Gasteiger partial charge on any atom is 0.323 e. The summed E-state index contributed by atoms with van der Waals surface area (Å²) in [6.45, 7) is 0.857. The number of nitrogens with zero attached hydrogens (tertiary/aromatic N) is 1. The maximum absolute atomic E-state index is 10.8. The van der Waals surface area contributed by atoms with Crippen molar-refractivity contribution in [3.63, 3.8) is 0 Å².